The average molecular weight is 347 g/mol. The molecule has 1 aromatic carbocycles. The summed E-state index contributed by atoms with van der Waals surface area (Å²) >= 11 is 0. The molecular weight excluding hydrogens is 330 g/mol. The van der Waals surface area contributed by atoms with Crippen LogP contribution in [-0.4, -0.2) is 30.7 Å². The highest BCUT2D eigenvalue weighted by molar-refractivity contribution is 5.86. The Labute approximate surface area is 143 Å². The average Bonchev–Trinajstić information content (AvgIpc) is 3.08. The second-order valence-electron chi connectivity index (χ2n) is 4.69. The summed E-state index contributed by atoms with van der Waals surface area (Å²) in [5, 5.41) is 10.5. The van der Waals surface area contributed by atoms with Crippen molar-refractivity contribution in [2.24, 2.45) is 0 Å². The summed E-state index contributed by atoms with van der Waals surface area (Å²) in [4.78, 5) is 21.3. The van der Waals surface area contributed by atoms with Crippen molar-refractivity contribution >= 4 is 17.9 Å². The molecule has 0 fully saturated rings. The molecule has 0 atom stereocenters. The van der Waals surface area contributed by atoms with E-state index in [0.29, 0.717) is 12.4 Å². The van der Waals surface area contributed by atoms with Gasteiger partial charge in [0.05, 0.1) is 12.7 Å². The van der Waals surface area contributed by atoms with Crippen molar-refractivity contribution in [1.82, 2.24) is 0 Å². The number of ether oxygens (including phenoxy) is 3. The SMILES string of the molecule is CCOc1ccc(OCCOC(=O)/C=C/c2ccc([N+](=O)[O-])o2)cc1. The molecule has 0 spiro atoms. The zero-order valence-electron chi connectivity index (χ0n) is 13.5. The van der Waals surface area contributed by atoms with Crippen molar-refractivity contribution in [3.63, 3.8) is 0 Å². The Balaban J connectivity index is 1.69. The quantitative estimate of drug-likeness (QED) is 0.226. The molecule has 1 aromatic heterocycles. The van der Waals surface area contributed by atoms with Gasteiger partial charge in [0.2, 0.25) is 0 Å². The molecule has 2 aromatic rings. The van der Waals surface area contributed by atoms with Gasteiger partial charge in [0, 0.05) is 6.08 Å². The van der Waals surface area contributed by atoms with Crippen molar-refractivity contribution < 1.29 is 28.3 Å². The number of rotatable bonds is 9. The van der Waals surface area contributed by atoms with Gasteiger partial charge in [-0.2, -0.15) is 0 Å². The van der Waals surface area contributed by atoms with Gasteiger partial charge in [-0.25, -0.2) is 4.79 Å². The predicted octanol–water partition coefficient (Wildman–Crippen LogP) is 3.22. The highest BCUT2D eigenvalue weighted by Gasteiger charge is 2.10. The lowest BCUT2D eigenvalue weighted by Crippen LogP contribution is -2.10. The van der Waals surface area contributed by atoms with Crippen LogP contribution < -0.4 is 9.47 Å². The number of esters is 1. The third-order valence-electron chi connectivity index (χ3n) is 2.91. The second-order valence-corrected chi connectivity index (χ2v) is 4.69. The molecule has 0 aliphatic heterocycles. The molecule has 8 heteroatoms. The summed E-state index contributed by atoms with van der Waals surface area (Å²) in [6, 6.07) is 9.69. The van der Waals surface area contributed by atoms with Crippen LogP contribution in [0.5, 0.6) is 11.5 Å². The first-order valence-corrected chi connectivity index (χ1v) is 7.53. The Morgan fingerprint density at radius 2 is 1.80 bits per heavy atom. The van der Waals surface area contributed by atoms with Gasteiger partial charge in [-0.1, -0.05) is 0 Å². The fraction of sp³-hybridized carbons (Fsp3) is 0.235. The van der Waals surface area contributed by atoms with E-state index in [1.807, 2.05) is 6.92 Å². The second kappa shape index (κ2) is 9.11. The van der Waals surface area contributed by atoms with Crippen molar-refractivity contribution in [1.29, 1.82) is 0 Å². The fourth-order valence-corrected chi connectivity index (χ4v) is 1.83. The van der Waals surface area contributed by atoms with Gasteiger partial charge >= 0.3 is 11.9 Å². The van der Waals surface area contributed by atoms with Crippen LogP contribution in [-0.2, 0) is 9.53 Å². The van der Waals surface area contributed by atoms with Crippen LogP contribution in [0.3, 0.4) is 0 Å². The Bertz CT molecular complexity index is 734. The maximum atomic E-state index is 11.5. The van der Waals surface area contributed by atoms with E-state index in [2.05, 4.69) is 0 Å². The maximum absolute atomic E-state index is 11.5. The number of nitro groups is 1. The zero-order valence-corrected chi connectivity index (χ0v) is 13.5. The minimum atomic E-state index is -0.659. The molecule has 8 nitrogen and oxygen atoms in total. The monoisotopic (exact) mass is 347 g/mol. The number of nitrogens with zero attached hydrogens (tertiary/aromatic N) is 1. The Morgan fingerprint density at radius 3 is 2.40 bits per heavy atom. The highest BCUT2D eigenvalue weighted by Crippen LogP contribution is 2.18. The summed E-state index contributed by atoms with van der Waals surface area (Å²) in [6.07, 6.45) is 2.42. The first kappa shape index (κ1) is 18.1. The molecule has 25 heavy (non-hydrogen) atoms. The van der Waals surface area contributed by atoms with Gasteiger partial charge in [0.15, 0.2) is 0 Å². The minimum Gasteiger partial charge on any atom is -0.494 e. The van der Waals surface area contributed by atoms with Crippen LogP contribution in [0, 0.1) is 10.1 Å². The number of carbonyl (C=O) groups excluding carboxylic acids is 1. The van der Waals surface area contributed by atoms with Crippen LogP contribution in [0.1, 0.15) is 12.7 Å². The molecule has 1 heterocycles. The molecule has 2 rings (SSSR count). The van der Waals surface area contributed by atoms with Crippen molar-refractivity contribution in [2.45, 2.75) is 6.92 Å². The van der Waals surface area contributed by atoms with E-state index in [-0.39, 0.29) is 19.0 Å². The number of hydrogen-bond acceptors (Lipinski definition) is 7. The molecule has 0 amide bonds. The van der Waals surface area contributed by atoms with Crippen molar-refractivity contribution in [3.05, 3.63) is 58.3 Å². The third-order valence-corrected chi connectivity index (χ3v) is 2.91. The predicted molar refractivity (Wildman–Crippen MR) is 88.5 cm³/mol. The van der Waals surface area contributed by atoms with E-state index in [1.54, 1.807) is 24.3 Å². The van der Waals surface area contributed by atoms with E-state index in [9.17, 15) is 14.9 Å². The molecule has 0 saturated carbocycles. The number of carbonyl (C=O) groups is 1. The zero-order chi connectivity index (χ0) is 18.1. The molecule has 132 valence electrons. The van der Waals surface area contributed by atoms with E-state index >= 15 is 0 Å². The van der Waals surface area contributed by atoms with Crippen LogP contribution in [0.2, 0.25) is 0 Å². The number of hydrogen-bond donors (Lipinski definition) is 0. The van der Waals surface area contributed by atoms with Gasteiger partial charge in [-0.3, -0.25) is 10.1 Å². The summed E-state index contributed by atoms with van der Waals surface area (Å²) < 4.78 is 20.6. The lowest BCUT2D eigenvalue weighted by Gasteiger charge is -2.07. The maximum Gasteiger partial charge on any atom is 0.433 e. The molecule has 0 bridgehead atoms. The molecule has 0 radical (unpaired) electrons. The Morgan fingerprint density at radius 1 is 1.12 bits per heavy atom. The smallest absolute Gasteiger partial charge is 0.433 e. The third kappa shape index (κ3) is 6.02. The first-order chi connectivity index (χ1) is 12.1. The molecule has 0 unspecified atom stereocenters. The van der Waals surface area contributed by atoms with Crippen LogP contribution in [0.25, 0.3) is 6.08 Å². The standard InChI is InChI=1S/C17H17NO7/c1-2-22-13-3-5-14(6-4-13)23-11-12-24-17(19)10-8-15-7-9-16(25-15)18(20)21/h3-10H,2,11-12H2,1H3/b10-8+. The molecular formula is C17H17NO7. The van der Waals surface area contributed by atoms with Gasteiger partial charge in [0.25, 0.3) is 0 Å². The Hall–Kier alpha value is -3.29. The Kier molecular flexibility index (Phi) is 6.58. The molecule has 0 aliphatic carbocycles. The summed E-state index contributed by atoms with van der Waals surface area (Å²) in [7, 11) is 0. The largest absolute Gasteiger partial charge is 0.494 e. The summed E-state index contributed by atoms with van der Waals surface area (Å²) in [5.74, 6) is 0.586. The topological polar surface area (TPSA) is 101 Å². The minimum absolute atomic E-state index is 0.0642. The van der Waals surface area contributed by atoms with Gasteiger partial charge in [-0.05, 0) is 43.3 Å². The first-order valence-electron chi connectivity index (χ1n) is 7.53. The van der Waals surface area contributed by atoms with Crippen molar-refractivity contribution in [3.8, 4) is 11.5 Å². The lowest BCUT2D eigenvalue weighted by atomic mass is 10.3. The van der Waals surface area contributed by atoms with E-state index in [1.165, 1.54) is 18.2 Å². The molecule has 0 saturated heterocycles. The summed E-state index contributed by atoms with van der Waals surface area (Å²) in [5.41, 5.74) is 0. The van der Waals surface area contributed by atoms with Crippen LogP contribution in [0.4, 0.5) is 5.88 Å². The molecule has 0 N–H and O–H groups in total. The normalized spacial score (nSPS) is 10.6. The fourth-order valence-electron chi connectivity index (χ4n) is 1.83. The van der Waals surface area contributed by atoms with Gasteiger partial charge < -0.3 is 18.6 Å². The van der Waals surface area contributed by atoms with Crippen LogP contribution >= 0.6 is 0 Å². The van der Waals surface area contributed by atoms with E-state index < -0.39 is 16.8 Å². The van der Waals surface area contributed by atoms with Crippen LogP contribution in [0.15, 0.2) is 46.9 Å². The van der Waals surface area contributed by atoms with E-state index in [4.69, 9.17) is 18.6 Å². The number of furan rings is 1. The molecule has 0 aliphatic rings. The van der Waals surface area contributed by atoms with Gasteiger partial charge in [0.1, 0.15) is 35.4 Å². The highest BCUT2D eigenvalue weighted by atomic mass is 16.6. The van der Waals surface area contributed by atoms with Crippen molar-refractivity contribution in [2.75, 3.05) is 19.8 Å². The summed E-state index contributed by atoms with van der Waals surface area (Å²) in [6.45, 7) is 2.75. The lowest BCUT2D eigenvalue weighted by molar-refractivity contribution is -0.402. The number of benzene rings is 1. The van der Waals surface area contributed by atoms with E-state index in [0.717, 1.165) is 11.8 Å². The van der Waals surface area contributed by atoms with Gasteiger partial charge in [-0.15, -0.1) is 0 Å².